The maximum atomic E-state index is 4.59. The van der Waals surface area contributed by atoms with E-state index >= 15 is 0 Å². The van der Waals surface area contributed by atoms with E-state index in [0.717, 1.165) is 0 Å². The molecule has 0 saturated heterocycles. The first-order valence-electron chi connectivity index (χ1n) is 0.924. The topological polar surface area (TPSA) is 0 Å². The second-order valence-electron chi connectivity index (χ2n) is 0.733. The predicted octanol–water partition coefficient (Wildman–Crippen LogP) is 0.539. The molecule has 0 aliphatic carbocycles. The van der Waals surface area contributed by atoms with E-state index in [1.54, 1.807) is 6.26 Å². The average molecular weight is 144 g/mol. The van der Waals surface area contributed by atoms with Gasteiger partial charge in [-0.25, -0.2) is 0 Å². The molecule has 0 aliphatic rings. The minimum Gasteiger partial charge on any atom is -0.104 e. The van der Waals surface area contributed by atoms with E-state index in [2.05, 4.69) is 34.0 Å². The summed E-state index contributed by atoms with van der Waals surface area (Å²) < 4.78 is 0. The summed E-state index contributed by atoms with van der Waals surface area (Å²) in [6.07, 6.45) is 0.459. The Balaban J connectivity index is 4.06. The van der Waals surface area contributed by atoms with Crippen LogP contribution < -0.4 is 0 Å². The zero-order valence-electron chi connectivity index (χ0n) is 2.67. The molecule has 5 heavy (non-hydrogen) atoms. The van der Waals surface area contributed by atoms with Gasteiger partial charge in [0.05, 0.1) is 0 Å². The van der Waals surface area contributed by atoms with E-state index in [1.807, 2.05) is 0 Å². The van der Waals surface area contributed by atoms with Crippen molar-refractivity contribution in [1.82, 2.24) is 0 Å². The second kappa shape index (κ2) is 1.73. The molecule has 0 aliphatic heterocycles. The summed E-state index contributed by atoms with van der Waals surface area (Å²) in [7, 11) is 0. The highest BCUT2D eigenvalue weighted by atomic mass is 33.5. The molecule has 0 rings (SSSR count). The van der Waals surface area contributed by atoms with Crippen molar-refractivity contribution in [1.29, 1.82) is 0 Å². The Bertz CT molecular complexity index is 86.8. The predicted molar refractivity (Wildman–Crippen MR) is 37.0 cm³/mol. The Morgan fingerprint density at radius 1 is 1.60 bits per heavy atom. The summed E-state index contributed by atoms with van der Waals surface area (Å²) in [6.45, 7) is 0. The molecule has 0 aromatic heterocycles. The van der Waals surface area contributed by atoms with Crippen molar-refractivity contribution in [3.63, 3.8) is 0 Å². The van der Waals surface area contributed by atoms with E-state index in [9.17, 15) is 0 Å². The van der Waals surface area contributed by atoms with Crippen LogP contribution in [0.1, 0.15) is 0 Å². The fourth-order valence-electron chi connectivity index (χ4n) is 0. The highest BCUT2D eigenvalue weighted by Gasteiger charge is 1.69. The van der Waals surface area contributed by atoms with Gasteiger partial charge in [0.2, 0.25) is 0 Å². The third kappa shape index (κ3) is 39.0. The first-order chi connectivity index (χ1) is 2.00. The van der Waals surface area contributed by atoms with Gasteiger partial charge in [0.25, 0.3) is 0 Å². The lowest BCUT2D eigenvalue weighted by Crippen LogP contribution is -1.69. The highest BCUT2D eigenvalue weighted by Crippen LogP contribution is 1.85. The third-order valence-electron chi connectivity index (χ3n) is 0. The van der Waals surface area contributed by atoms with Gasteiger partial charge in [0.1, 0.15) is 0 Å². The quantitative estimate of drug-likeness (QED) is 0.389. The lowest BCUT2D eigenvalue weighted by atomic mass is 12.0. The summed E-state index contributed by atoms with van der Waals surface area (Å²) in [5.74, 6) is 0. The minimum atomic E-state index is -1.31. The van der Waals surface area contributed by atoms with Gasteiger partial charge in [-0.2, -0.15) is 0 Å². The SMILES string of the molecule is CS(=S)(=S)S. The molecule has 0 fully saturated rings. The largest absolute Gasteiger partial charge is 0.104 e. The van der Waals surface area contributed by atoms with Crippen LogP contribution in [0.3, 0.4) is 0 Å². The molecule has 0 amide bonds. The first-order valence-corrected chi connectivity index (χ1v) is 5.87. The van der Waals surface area contributed by atoms with Crippen LogP contribution in [-0.2, 0) is 28.6 Å². The Hall–Kier alpha value is 1.14. The Labute approximate surface area is 46.6 Å². The summed E-state index contributed by atoms with van der Waals surface area (Å²) in [5, 5.41) is 0. The van der Waals surface area contributed by atoms with E-state index in [1.165, 1.54) is 0 Å². The van der Waals surface area contributed by atoms with Crippen LogP contribution in [0.2, 0.25) is 0 Å². The van der Waals surface area contributed by atoms with Crippen LogP contribution in [0.25, 0.3) is 0 Å². The molecule has 4 heteroatoms. The smallest absolute Gasteiger partial charge is 0.000573 e. The Morgan fingerprint density at radius 2 is 1.60 bits per heavy atom. The number of rotatable bonds is 0. The molecule has 0 saturated carbocycles. The van der Waals surface area contributed by atoms with E-state index in [4.69, 9.17) is 0 Å². The number of hydrogen-bond acceptors (Lipinski definition) is 2. The summed E-state index contributed by atoms with van der Waals surface area (Å²) in [4.78, 5) is 0. The van der Waals surface area contributed by atoms with Crippen molar-refractivity contribution >= 4 is 40.2 Å². The van der Waals surface area contributed by atoms with Crippen LogP contribution in [0, 0.1) is 0 Å². The van der Waals surface area contributed by atoms with Crippen LogP contribution in [0.5, 0.6) is 0 Å². The van der Waals surface area contributed by atoms with Crippen LogP contribution >= 0.6 is 11.7 Å². The highest BCUT2D eigenvalue weighted by molar-refractivity contribution is 8.92. The maximum Gasteiger partial charge on any atom is -0.000573 e. The van der Waals surface area contributed by atoms with E-state index < -0.39 is 6.18 Å². The Kier molecular flexibility index (Phi) is 2.12. The van der Waals surface area contributed by atoms with Crippen LogP contribution in [-0.4, -0.2) is 6.26 Å². The molecule has 0 bridgehead atoms. The first kappa shape index (κ1) is 6.14. The summed E-state index contributed by atoms with van der Waals surface area (Å²) in [6, 6.07) is 0. The zero-order chi connectivity index (χ0) is 4.50. The minimum absolute atomic E-state index is 1.31. The average Bonchev–Trinajstić information content (AvgIpc) is 0.722. The molecule has 0 unspecified atom stereocenters. The fraction of sp³-hybridized carbons (Fsp3) is 1.00. The van der Waals surface area contributed by atoms with Crippen molar-refractivity contribution in [2.75, 3.05) is 6.26 Å². The Morgan fingerprint density at radius 3 is 1.60 bits per heavy atom. The lowest BCUT2D eigenvalue weighted by Gasteiger charge is -1.78. The molecular formula is CH4S4. The van der Waals surface area contributed by atoms with Crippen molar-refractivity contribution in [3.8, 4) is 0 Å². The molecule has 0 atom stereocenters. The van der Waals surface area contributed by atoms with E-state index in [0.29, 0.717) is 0 Å². The summed E-state index contributed by atoms with van der Waals surface area (Å²) in [5.41, 5.74) is 0. The standard InChI is InChI=1S/CH4S4/c1-5(2,3)4/h1H3,(H,2,3,4). The molecule has 0 aromatic rings. The van der Waals surface area contributed by atoms with Crippen LogP contribution in [0.4, 0.5) is 0 Å². The molecule has 0 spiro atoms. The van der Waals surface area contributed by atoms with E-state index in [-0.39, 0.29) is 0 Å². The molecule has 0 N–H and O–H groups in total. The van der Waals surface area contributed by atoms with Gasteiger partial charge in [0.15, 0.2) is 0 Å². The van der Waals surface area contributed by atoms with Crippen LogP contribution in [0.15, 0.2) is 0 Å². The molecular weight excluding hydrogens is 140 g/mol. The van der Waals surface area contributed by atoms with Crippen molar-refractivity contribution in [3.05, 3.63) is 0 Å². The normalized spacial score (nSPS) is 11.6. The number of hydrogen-bond donors (Lipinski definition) is 1. The number of thiol groups is 1. The van der Waals surface area contributed by atoms with Gasteiger partial charge in [-0.1, -0.05) is 0 Å². The fourth-order valence-corrected chi connectivity index (χ4v) is 0. The second-order valence-corrected chi connectivity index (χ2v) is 10.5. The molecule has 0 radical (unpaired) electrons. The van der Waals surface area contributed by atoms with Crippen molar-refractivity contribution in [2.24, 2.45) is 0 Å². The monoisotopic (exact) mass is 144 g/mol. The molecule has 0 aromatic carbocycles. The molecule has 0 nitrogen and oxygen atoms in total. The maximum absolute atomic E-state index is 4.59. The molecule has 0 heterocycles. The lowest BCUT2D eigenvalue weighted by molar-refractivity contribution is 2.53. The van der Waals surface area contributed by atoms with Gasteiger partial charge in [-0.15, -0.1) is 11.7 Å². The van der Waals surface area contributed by atoms with Crippen molar-refractivity contribution < 1.29 is 0 Å². The molecule has 32 valence electrons. The van der Waals surface area contributed by atoms with Gasteiger partial charge < -0.3 is 0 Å². The van der Waals surface area contributed by atoms with Gasteiger partial charge in [-0.05, 0) is 34.8 Å². The van der Waals surface area contributed by atoms with Crippen molar-refractivity contribution in [2.45, 2.75) is 0 Å². The van der Waals surface area contributed by atoms with Gasteiger partial charge in [0, 0.05) is 0 Å². The summed E-state index contributed by atoms with van der Waals surface area (Å²) >= 11 is 13.0. The third-order valence-corrected chi connectivity index (χ3v) is 0. The van der Waals surface area contributed by atoms with Gasteiger partial charge in [-0.3, -0.25) is 0 Å². The zero-order valence-corrected chi connectivity index (χ0v) is 6.02. The van der Waals surface area contributed by atoms with Gasteiger partial charge >= 0.3 is 0 Å².